The summed E-state index contributed by atoms with van der Waals surface area (Å²) >= 11 is 3.38. The second-order valence-electron chi connectivity index (χ2n) is 4.93. The number of benzene rings is 2. The van der Waals surface area contributed by atoms with Crippen LogP contribution >= 0.6 is 15.9 Å². The van der Waals surface area contributed by atoms with E-state index in [1.165, 1.54) is 6.07 Å². The van der Waals surface area contributed by atoms with Crippen LogP contribution in [0.15, 0.2) is 53.0 Å². The van der Waals surface area contributed by atoms with Crippen molar-refractivity contribution in [1.82, 2.24) is 0 Å². The molecule has 0 aromatic heterocycles. The molecule has 0 bridgehead atoms. The van der Waals surface area contributed by atoms with Crippen molar-refractivity contribution in [1.29, 1.82) is 0 Å². The van der Waals surface area contributed by atoms with E-state index in [2.05, 4.69) is 15.9 Å². The normalized spacial score (nSPS) is 14.0. The van der Waals surface area contributed by atoms with Crippen LogP contribution in [0.2, 0.25) is 0 Å². The molecule has 0 fully saturated rings. The van der Waals surface area contributed by atoms with E-state index in [9.17, 15) is 9.50 Å². The first kappa shape index (κ1) is 15.2. The zero-order valence-electron chi connectivity index (χ0n) is 11.0. The maximum absolute atomic E-state index is 14.1. The Hall–Kier alpha value is -1.23. The van der Waals surface area contributed by atoms with Crippen molar-refractivity contribution in [3.05, 3.63) is 69.9 Å². The summed E-state index contributed by atoms with van der Waals surface area (Å²) in [6.07, 6.45) is 0.494. The molecule has 0 aliphatic carbocycles. The Balaban J connectivity index is 2.39. The van der Waals surface area contributed by atoms with Gasteiger partial charge in [-0.05, 0) is 35.7 Å². The summed E-state index contributed by atoms with van der Waals surface area (Å²) in [5.74, 6) is -0.330. The smallest absolute Gasteiger partial charge is 0.127 e. The van der Waals surface area contributed by atoms with Gasteiger partial charge in [-0.1, -0.05) is 46.3 Å². The molecule has 4 heteroatoms. The SMILES string of the molecule is NCC(CO)(Cc1ccc(Br)cc1)c1ccccc1F. The highest BCUT2D eigenvalue weighted by molar-refractivity contribution is 9.10. The average Bonchev–Trinajstić information content (AvgIpc) is 2.48. The first-order valence-electron chi connectivity index (χ1n) is 6.42. The van der Waals surface area contributed by atoms with Gasteiger partial charge >= 0.3 is 0 Å². The molecule has 0 amide bonds. The standard InChI is InChI=1S/C16H17BrFNO/c17-13-7-5-12(6-8-13)9-16(10-19,11-20)14-3-1-2-4-15(14)18/h1-8,20H,9-11,19H2. The van der Waals surface area contributed by atoms with Gasteiger partial charge in [0.25, 0.3) is 0 Å². The average molecular weight is 338 g/mol. The number of nitrogens with two attached hydrogens (primary N) is 1. The van der Waals surface area contributed by atoms with E-state index in [0.29, 0.717) is 12.0 Å². The highest BCUT2D eigenvalue weighted by Crippen LogP contribution is 2.30. The number of hydrogen-bond acceptors (Lipinski definition) is 2. The van der Waals surface area contributed by atoms with Crippen LogP contribution in [-0.4, -0.2) is 18.3 Å². The molecule has 0 spiro atoms. The van der Waals surface area contributed by atoms with Crippen molar-refractivity contribution < 1.29 is 9.50 Å². The van der Waals surface area contributed by atoms with Gasteiger partial charge in [0.05, 0.1) is 6.61 Å². The summed E-state index contributed by atoms with van der Waals surface area (Å²) in [6, 6.07) is 14.2. The Morgan fingerprint density at radius 1 is 1.10 bits per heavy atom. The van der Waals surface area contributed by atoms with E-state index in [4.69, 9.17) is 5.73 Å². The summed E-state index contributed by atoms with van der Waals surface area (Å²) in [5, 5.41) is 9.81. The summed E-state index contributed by atoms with van der Waals surface area (Å²) in [4.78, 5) is 0. The first-order valence-corrected chi connectivity index (χ1v) is 7.21. The highest BCUT2D eigenvalue weighted by Gasteiger charge is 2.32. The van der Waals surface area contributed by atoms with Gasteiger partial charge in [0.1, 0.15) is 5.82 Å². The molecule has 0 aliphatic heterocycles. The third-order valence-electron chi connectivity index (χ3n) is 3.59. The number of hydrogen-bond donors (Lipinski definition) is 2. The highest BCUT2D eigenvalue weighted by atomic mass is 79.9. The van der Waals surface area contributed by atoms with E-state index in [0.717, 1.165) is 10.0 Å². The lowest BCUT2D eigenvalue weighted by Gasteiger charge is -2.31. The van der Waals surface area contributed by atoms with Crippen LogP contribution in [0.4, 0.5) is 4.39 Å². The molecule has 0 saturated carbocycles. The van der Waals surface area contributed by atoms with Crippen LogP contribution < -0.4 is 5.73 Å². The van der Waals surface area contributed by atoms with Gasteiger partial charge in [0, 0.05) is 16.4 Å². The van der Waals surface area contributed by atoms with Crippen LogP contribution in [0, 0.1) is 5.82 Å². The third kappa shape index (κ3) is 3.08. The molecule has 106 valence electrons. The fourth-order valence-corrected chi connectivity index (χ4v) is 2.63. The zero-order chi connectivity index (χ0) is 14.6. The fraction of sp³-hybridized carbons (Fsp3) is 0.250. The van der Waals surface area contributed by atoms with Crippen molar-refractivity contribution in [2.45, 2.75) is 11.8 Å². The number of rotatable bonds is 5. The van der Waals surface area contributed by atoms with Gasteiger partial charge in [-0.2, -0.15) is 0 Å². The van der Waals surface area contributed by atoms with Crippen LogP contribution in [0.1, 0.15) is 11.1 Å². The van der Waals surface area contributed by atoms with Crippen molar-refractivity contribution >= 4 is 15.9 Å². The lowest BCUT2D eigenvalue weighted by molar-refractivity contribution is 0.192. The molecule has 2 aromatic rings. The van der Waals surface area contributed by atoms with Crippen LogP contribution in [0.5, 0.6) is 0 Å². The van der Waals surface area contributed by atoms with E-state index in [1.54, 1.807) is 18.2 Å². The topological polar surface area (TPSA) is 46.2 Å². The fourth-order valence-electron chi connectivity index (χ4n) is 2.37. The maximum Gasteiger partial charge on any atom is 0.127 e. The number of aliphatic hydroxyl groups excluding tert-OH is 1. The minimum atomic E-state index is -0.792. The quantitative estimate of drug-likeness (QED) is 0.880. The molecule has 1 unspecified atom stereocenters. The Morgan fingerprint density at radius 3 is 2.30 bits per heavy atom. The Kier molecular flexibility index (Phi) is 4.91. The van der Waals surface area contributed by atoms with Crippen LogP contribution in [-0.2, 0) is 11.8 Å². The molecule has 2 aromatic carbocycles. The monoisotopic (exact) mass is 337 g/mol. The zero-order valence-corrected chi connectivity index (χ0v) is 12.6. The molecule has 2 nitrogen and oxygen atoms in total. The summed E-state index contributed by atoms with van der Waals surface area (Å²) in [6.45, 7) is -0.0129. The van der Waals surface area contributed by atoms with Crippen LogP contribution in [0.3, 0.4) is 0 Å². The van der Waals surface area contributed by atoms with E-state index >= 15 is 0 Å². The predicted molar refractivity (Wildman–Crippen MR) is 82.1 cm³/mol. The van der Waals surface area contributed by atoms with Gasteiger partial charge in [0.15, 0.2) is 0 Å². The van der Waals surface area contributed by atoms with E-state index in [-0.39, 0.29) is 19.0 Å². The third-order valence-corrected chi connectivity index (χ3v) is 4.12. The molecule has 1 atom stereocenters. The second-order valence-corrected chi connectivity index (χ2v) is 5.84. The second kappa shape index (κ2) is 6.48. The van der Waals surface area contributed by atoms with Gasteiger partial charge < -0.3 is 10.8 Å². The summed E-state index contributed by atoms with van der Waals surface area (Å²) < 4.78 is 15.0. The van der Waals surface area contributed by atoms with Crippen molar-refractivity contribution in [3.63, 3.8) is 0 Å². The molecule has 0 heterocycles. The van der Waals surface area contributed by atoms with Crippen molar-refractivity contribution in [2.75, 3.05) is 13.2 Å². The minimum Gasteiger partial charge on any atom is -0.395 e. The van der Waals surface area contributed by atoms with Crippen molar-refractivity contribution in [3.8, 4) is 0 Å². The maximum atomic E-state index is 14.1. The Bertz CT molecular complexity index is 567. The van der Waals surface area contributed by atoms with Crippen LogP contribution in [0.25, 0.3) is 0 Å². The summed E-state index contributed by atoms with van der Waals surface area (Å²) in [7, 11) is 0. The number of halogens is 2. The van der Waals surface area contributed by atoms with Gasteiger partial charge in [-0.15, -0.1) is 0 Å². The molecule has 0 aliphatic rings. The molecular formula is C16H17BrFNO. The summed E-state index contributed by atoms with van der Waals surface area (Å²) in [5.41, 5.74) is 6.54. The minimum absolute atomic E-state index is 0.181. The molecule has 0 radical (unpaired) electrons. The van der Waals surface area contributed by atoms with Gasteiger partial charge in [-0.3, -0.25) is 0 Å². The largest absolute Gasteiger partial charge is 0.395 e. The van der Waals surface area contributed by atoms with Gasteiger partial charge in [-0.25, -0.2) is 4.39 Å². The Morgan fingerprint density at radius 2 is 1.75 bits per heavy atom. The molecule has 20 heavy (non-hydrogen) atoms. The lowest BCUT2D eigenvalue weighted by atomic mass is 9.76. The molecule has 2 rings (SSSR count). The first-order chi connectivity index (χ1) is 9.61. The molecular weight excluding hydrogens is 321 g/mol. The number of aliphatic hydroxyl groups is 1. The Labute approximate surface area is 126 Å². The molecule has 0 saturated heterocycles. The van der Waals surface area contributed by atoms with E-state index < -0.39 is 5.41 Å². The lowest BCUT2D eigenvalue weighted by Crippen LogP contribution is -2.41. The predicted octanol–water partition coefficient (Wildman–Crippen LogP) is 3.02. The van der Waals surface area contributed by atoms with E-state index in [1.807, 2.05) is 24.3 Å². The molecule has 3 N–H and O–H groups in total. The van der Waals surface area contributed by atoms with Gasteiger partial charge in [0.2, 0.25) is 0 Å². The van der Waals surface area contributed by atoms with Crippen molar-refractivity contribution in [2.24, 2.45) is 5.73 Å².